The predicted octanol–water partition coefficient (Wildman–Crippen LogP) is 2.22. The van der Waals surface area contributed by atoms with Gasteiger partial charge in [0.15, 0.2) is 5.70 Å². The van der Waals surface area contributed by atoms with Gasteiger partial charge in [-0.1, -0.05) is 30.3 Å². The van der Waals surface area contributed by atoms with Crippen molar-refractivity contribution in [1.82, 2.24) is 0 Å². The molecular weight excluding hydrogens is 214 g/mol. The monoisotopic (exact) mass is 221 g/mol. The maximum Gasteiger partial charge on any atom is 0.363 e. The summed E-state index contributed by atoms with van der Waals surface area (Å²) in [5.41, 5.74) is 1.20. The van der Waals surface area contributed by atoms with Crippen LogP contribution in [0.2, 0.25) is 0 Å². The van der Waals surface area contributed by atoms with Crippen molar-refractivity contribution in [2.24, 2.45) is 4.99 Å². The Morgan fingerprint density at radius 3 is 2.67 bits per heavy atom. The number of hydrogen-bond acceptors (Lipinski definition) is 3. The van der Waals surface area contributed by atoms with Gasteiger partial charge >= 0.3 is 5.97 Å². The molecule has 0 saturated carbocycles. The van der Waals surface area contributed by atoms with Crippen molar-refractivity contribution in [3.8, 4) is 0 Å². The van der Waals surface area contributed by atoms with Crippen molar-refractivity contribution >= 4 is 29.5 Å². The highest BCUT2D eigenvalue weighted by molar-refractivity contribution is 6.29. The van der Waals surface area contributed by atoms with Crippen LogP contribution in [0.25, 0.3) is 6.08 Å². The first-order valence-corrected chi connectivity index (χ1v) is 4.95. The van der Waals surface area contributed by atoms with E-state index in [1.54, 1.807) is 6.08 Å². The summed E-state index contributed by atoms with van der Waals surface area (Å²) in [4.78, 5) is 15.2. The van der Waals surface area contributed by atoms with Crippen LogP contribution in [0.15, 0.2) is 41.0 Å². The summed E-state index contributed by atoms with van der Waals surface area (Å²) in [6.45, 7) is 0. The molecular formula is C11H8ClNO2. The second-order valence-corrected chi connectivity index (χ2v) is 3.24. The number of alkyl halides is 1. The average Bonchev–Trinajstić information content (AvgIpc) is 2.61. The van der Waals surface area contributed by atoms with Crippen molar-refractivity contribution in [3.05, 3.63) is 41.6 Å². The zero-order valence-electron chi connectivity index (χ0n) is 7.81. The van der Waals surface area contributed by atoms with Gasteiger partial charge in [-0.2, -0.15) is 0 Å². The smallest absolute Gasteiger partial charge is 0.363 e. The van der Waals surface area contributed by atoms with Crippen molar-refractivity contribution in [2.45, 2.75) is 0 Å². The Labute approximate surface area is 92.0 Å². The van der Waals surface area contributed by atoms with Crippen LogP contribution in [0.3, 0.4) is 0 Å². The quantitative estimate of drug-likeness (QED) is 0.436. The number of benzene rings is 1. The van der Waals surface area contributed by atoms with E-state index >= 15 is 0 Å². The van der Waals surface area contributed by atoms with Gasteiger partial charge in [-0.3, -0.25) is 0 Å². The van der Waals surface area contributed by atoms with Crippen LogP contribution in [-0.4, -0.2) is 17.7 Å². The second kappa shape index (κ2) is 4.28. The molecule has 1 aromatic rings. The fourth-order valence-electron chi connectivity index (χ4n) is 1.22. The third-order valence-electron chi connectivity index (χ3n) is 1.88. The van der Waals surface area contributed by atoms with E-state index in [9.17, 15) is 4.79 Å². The molecule has 0 aromatic heterocycles. The van der Waals surface area contributed by atoms with Crippen LogP contribution >= 0.6 is 11.6 Å². The molecule has 76 valence electrons. The van der Waals surface area contributed by atoms with Crippen LogP contribution in [0.5, 0.6) is 0 Å². The highest BCUT2D eigenvalue weighted by Gasteiger charge is 2.21. The van der Waals surface area contributed by atoms with E-state index < -0.39 is 5.97 Å². The maximum atomic E-state index is 11.3. The molecule has 0 bridgehead atoms. The first-order chi connectivity index (χ1) is 7.29. The number of cyclic esters (lactones) is 1. The molecule has 0 spiro atoms. The minimum atomic E-state index is -0.450. The minimum absolute atomic E-state index is 0.109. The molecule has 1 aromatic carbocycles. The molecule has 1 heterocycles. The predicted molar refractivity (Wildman–Crippen MR) is 58.7 cm³/mol. The number of aliphatic imine (C=N–C) groups is 1. The lowest BCUT2D eigenvalue weighted by molar-refractivity contribution is -0.130. The number of nitrogens with zero attached hydrogens (tertiary/aromatic N) is 1. The van der Waals surface area contributed by atoms with Gasteiger partial charge in [-0.05, 0) is 11.6 Å². The Balaban J connectivity index is 2.28. The number of carbonyl (C=O) groups excluding carboxylic acids is 1. The molecule has 0 aliphatic carbocycles. The zero-order chi connectivity index (χ0) is 10.7. The zero-order valence-corrected chi connectivity index (χ0v) is 8.57. The van der Waals surface area contributed by atoms with E-state index in [2.05, 4.69) is 4.99 Å². The summed E-state index contributed by atoms with van der Waals surface area (Å²) >= 11 is 5.51. The van der Waals surface area contributed by atoms with Gasteiger partial charge < -0.3 is 4.74 Å². The van der Waals surface area contributed by atoms with Gasteiger partial charge in [-0.15, -0.1) is 11.6 Å². The molecule has 0 amide bonds. The third-order valence-corrected chi connectivity index (χ3v) is 2.11. The molecule has 0 radical (unpaired) electrons. The lowest BCUT2D eigenvalue weighted by Crippen LogP contribution is -2.04. The van der Waals surface area contributed by atoms with Crippen molar-refractivity contribution in [1.29, 1.82) is 0 Å². The van der Waals surface area contributed by atoms with Gasteiger partial charge in [0.25, 0.3) is 0 Å². The Hall–Kier alpha value is -1.61. The van der Waals surface area contributed by atoms with Gasteiger partial charge in [0, 0.05) is 0 Å². The fraction of sp³-hybridized carbons (Fsp3) is 0.0909. The molecule has 15 heavy (non-hydrogen) atoms. The number of carbonyl (C=O) groups is 1. The van der Waals surface area contributed by atoms with E-state index in [4.69, 9.17) is 16.3 Å². The Morgan fingerprint density at radius 1 is 1.33 bits per heavy atom. The SMILES string of the molecule is O=C1OC(CCl)=N/C1=C/c1ccccc1. The first kappa shape index (κ1) is 9.93. The summed E-state index contributed by atoms with van der Waals surface area (Å²) in [6.07, 6.45) is 1.67. The van der Waals surface area contributed by atoms with Crippen LogP contribution in [0.1, 0.15) is 5.56 Å². The van der Waals surface area contributed by atoms with Gasteiger partial charge in [0.1, 0.15) is 0 Å². The second-order valence-electron chi connectivity index (χ2n) is 2.97. The molecule has 3 nitrogen and oxygen atoms in total. The average molecular weight is 222 g/mol. The number of esters is 1. The van der Waals surface area contributed by atoms with Crippen molar-refractivity contribution < 1.29 is 9.53 Å². The van der Waals surface area contributed by atoms with Gasteiger partial charge in [-0.25, -0.2) is 9.79 Å². The topological polar surface area (TPSA) is 38.7 Å². The standard InChI is InChI=1S/C11H8ClNO2/c12-7-10-13-9(11(14)15-10)6-8-4-2-1-3-5-8/h1-6H,7H2/b9-6+. The number of hydrogen-bond donors (Lipinski definition) is 0. The molecule has 0 unspecified atom stereocenters. The molecule has 1 aliphatic heterocycles. The van der Waals surface area contributed by atoms with Crippen LogP contribution in [0.4, 0.5) is 0 Å². The minimum Gasteiger partial charge on any atom is -0.405 e. The third kappa shape index (κ3) is 2.25. The van der Waals surface area contributed by atoms with E-state index in [-0.39, 0.29) is 17.5 Å². The molecule has 2 rings (SSSR count). The van der Waals surface area contributed by atoms with Crippen LogP contribution in [0, 0.1) is 0 Å². The van der Waals surface area contributed by atoms with E-state index in [0.717, 1.165) is 5.56 Å². The summed E-state index contributed by atoms with van der Waals surface area (Å²) in [5.74, 6) is -0.0870. The molecule has 0 fully saturated rings. The summed E-state index contributed by atoms with van der Waals surface area (Å²) in [6, 6.07) is 9.45. The lowest BCUT2D eigenvalue weighted by Gasteiger charge is -1.92. The first-order valence-electron chi connectivity index (χ1n) is 4.42. The summed E-state index contributed by atoms with van der Waals surface area (Å²) in [5, 5.41) is 0. The molecule has 4 heteroatoms. The van der Waals surface area contributed by atoms with Gasteiger partial charge in [0.2, 0.25) is 5.90 Å². The van der Waals surface area contributed by atoms with E-state index in [1.165, 1.54) is 0 Å². The fourth-order valence-corrected chi connectivity index (χ4v) is 1.33. The van der Waals surface area contributed by atoms with Crippen molar-refractivity contribution in [3.63, 3.8) is 0 Å². The summed E-state index contributed by atoms with van der Waals surface area (Å²) in [7, 11) is 0. The highest BCUT2D eigenvalue weighted by Crippen LogP contribution is 2.15. The Bertz CT molecular complexity index is 437. The number of halogens is 1. The highest BCUT2D eigenvalue weighted by atomic mass is 35.5. The van der Waals surface area contributed by atoms with Gasteiger partial charge in [0.05, 0.1) is 5.88 Å². The largest absolute Gasteiger partial charge is 0.405 e. The molecule has 0 atom stereocenters. The normalized spacial score (nSPS) is 17.8. The van der Waals surface area contributed by atoms with Crippen LogP contribution in [-0.2, 0) is 9.53 Å². The molecule has 0 N–H and O–H groups in total. The Kier molecular flexibility index (Phi) is 2.83. The molecule has 0 saturated heterocycles. The maximum absolute atomic E-state index is 11.3. The number of ether oxygens (including phenoxy) is 1. The Morgan fingerprint density at radius 2 is 2.07 bits per heavy atom. The van der Waals surface area contributed by atoms with Crippen molar-refractivity contribution in [2.75, 3.05) is 5.88 Å². The van der Waals surface area contributed by atoms with E-state index in [1.807, 2.05) is 30.3 Å². The van der Waals surface area contributed by atoms with E-state index in [0.29, 0.717) is 0 Å². The lowest BCUT2D eigenvalue weighted by atomic mass is 10.2. The number of rotatable bonds is 2. The molecule has 1 aliphatic rings. The van der Waals surface area contributed by atoms with Crippen LogP contribution < -0.4 is 0 Å². The summed E-state index contributed by atoms with van der Waals surface area (Å²) < 4.78 is 4.81.